The van der Waals surface area contributed by atoms with Crippen molar-refractivity contribution < 1.29 is 9.53 Å². The van der Waals surface area contributed by atoms with Gasteiger partial charge in [0, 0.05) is 25.2 Å². The first-order valence-electron chi connectivity index (χ1n) is 7.46. The average molecular weight is 377 g/mol. The van der Waals surface area contributed by atoms with E-state index in [-0.39, 0.29) is 11.9 Å². The molecule has 1 atom stereocenters. The third-order valence-electron chi connectivity index (χ3n) is 3.75. The molecule has 0 fully saturated rings. The Morgan fingerprint density at radius 3 is 2.48 bits per heavy atom. The van der Waals surface area contributed by atoms with Gasteiger partial charge in [-0.1, -0.05) is 24.3 Å². The van der Waals surface area contributed by atoms with Gasteiger partial charge in [-0.15, -0.1) is 0 Å². The fraction of sp³-hybridized carbons (Fsp3) is 0.278. The molecule has 23 heavy (non-hydrogen) atoms. The van der Waals surface area contributed by atoms with Gasteiger partial charge in [0.15, 0.2) is 0 Å². The van der Waals surface area contributed by atoms with Crippen LogP contribution in [0.15, 0.2) is 53.0 Å². The summed E-state index contributed by atoms with van der Waals surface area (Å²) in [5.41, 5.74) is 7.26. The topological polar surface area (TPSA) is 55.6 Å². The van der Waals surface area contributed by atoms with Gasteiger partial charge < -0.3 is 15.4 Å². The molecular formula is C18H21BrN2O2. The zero-order valence-corrected chi connectivity index (χ0v) is 14.9. The van der Waals surface area contributed by atoms with Crippen molar-refractivity contribution in [3.05, 3.63) is 64.1 Å². The third kappa shape index (κ3) is 4.56. The van der Waals surface area contributed by atoms with Gasteiger partial charge in [-0.05, 0) is 52.7 Å². The number of amides is 1. The van der Waals surface area contributed by atoms with Crippen LogP contribution < -0.4 is 10.5 Å². The summed E-state index contributed by atoms with van der Waals surface area (Å²) >= 11 is 3.45. The maximum absolute atomic E-state index is 12.3. The summed E-state index contributed by atoms with van der Waals surface area (Å²) in [6.07, 6.45) is 0. The predicted octanol–water partition coefficient (Wildman–Crippen LogP) is 3.45. The zero-order chi connectivity index (χ0) is 16.8. The Hall–Kier alpha value is -1.85. The number of para-hydroxylation sites is 1. The maximum Gasteiger partial charge on any atom is 0.253 e. The van der Waals surface area contributed by atoms with Crippen LogP contribution in [-0.2, 0) is 6.61 Å². The lowest BCUT2D eigenvalue weighted by Gasteiger charge is -2.23. The van der Waals surface area contributed by atoms with E-state index in [0.29, 0.717) is 18.7 Å². The van der Waals surface area contributed by atoms with E-state index >= 15 is 0 Å². The number of carbonyl (C=O) groups is 1. The SMILES string of the molecule is CC(CN)N(C)C(=O)c1ccc(COc2ccccc2Br)cc1. The molecule has 1 unspecified atom stereocenters. The molecule has 2 rings (SSSR count). The number of nitrogens with zero attached hydrogens (tertiary/aromatic N) is 1. The third-order valence-corrected chi connectivity index (χ3v) is 4.41. The van der Waals surface area contributed by atoms with Crippen LogP contribution in [0.3, 0.4) is 0 Å². The molecule has 4 nitrogen and oxygen atoms in total. The molecule has 0 aliphatic rings. The van der Waals surface area contributed by atoms with Crippen LogP contribution >= 0.6 is 15.9 Å². The summed E-state index contributed by atoms with van der Waals surface area (Å²) in [5, 5.41) is 0. The number of carbonyl (C=O) groups excluding carboxylic acids is 1. The van der Waals surface area contributed by atoms with E-state index in [4.69, 9.17) is 10.5 Å². The second-order valence-corrected chi connectivity index (χ2v) is 6.27. The van der Waals surface area contributed by atoms with E-state index in [9.17, 15) is 4.79 Å². The van der Waals surface area contributed by atoms with Gasteiger partial charge in [0.25, 0.3) is 5.91 Å². The van der Waals surface area contributed by atoms with Crippen molar-refractivity contribution in [2.75, 3.05) is 13.6 Å². The first kappa shape index (κ1) is 17.5. The van der Waals surface area contributed by atoms with Gasteiger partial charge in [0.2, 0.25) is 0 Å². The highest BCUT2D eigenvalue weighted by Crippen LogP contribution is 2.24. The van der Waals surface area contributed by atoms with Crippen molar-refractivity contribution >= 4 is 21.8 Å². The Labute approximate surface area is 145 Å². The van der Waals surface area contributed by atoms with Gasteiger partial charge in [0.1, 0.15) is 12.4 Å². The van der Waals surface area contributed by atoms with E-state index in [1.54, 1.807) is 11.9 Å². The lowest BCUT2D eigenvalue weighted by molar-refractivity contribution is 0.0748. The van der Waals surface area contributed by atoms with Crippen molar-refractivity contribution in [1.82, 2.24) is 4.90 Å². The number of benzene rings is 2. The molecule has 2 aromatic rings. The summed E-state index contributed by atoms with van der Waals surface area (Å²) in [6, 6.07) is 15.2. The van der Waals surface area contributed by atoms with Crippen molar-refractivity contribution in [1.29, 1.82) is 0 Å². The molecule has 122 valence electrons. The van der Waals surface area contributed by atoms with Crippen molar-refractivity contribution in [2.45, 2.75) is 19.6 Å². The minimum Gasteiger partial charge on any atom is -0.488 e. The molecular weight excluding hydrogens is 356 g/mol. The van der Waals surface area contributed by atoms with Crippen LogP contribution in [0.4, 0.5) is 0 Å². The molecule has 5 heteroatoms. The van der Waals surface area contributed by atoms with Gasteiger partial charge in [-0.2, -0.15) is 0 Å². The summed E-state index contributed by atoms with van der Waals surface area (Å²) < 4.78 is 6.69. The first-order chi connectivity index (χ1) is 11.0. The Morgan fingerprint density at radius 2 is 1.87 bits per heavy atom. The van der Waals surface area contributed by atoms with Crippen LogP contribution in [0.2, 0.25) is 0 Å². The molecule has 0 aliphatic heterocycles. The summed E-state index contributed by atoms with van der Waals surface area (Å²) in [7, 11) is 1.77. The van der Waals surface area contributed by atoms with Gasteiger partial charge >= 0.3 is 0 Å². The van der Waals surface area contributed by atoms with Crippen LogP contribution in [0.1, 0.15) is 22.8 Å². The molecule has 0 bridgehead atoms. The highest BCUT2D eigenvalue weighted by molar-refractivity contribution is 9.10. The fourth-order valence-electron chi connectivity index (χ4n) is 2.03. The van der Waals surface area contributed by atoms with Crippen LogP contribution in [0.5, 0.6) is 5.75 Å². The Balaban J connectivity index is 1.99. The van der Waals surface area contributed by atoms with Gasteiger partial charge in [-0.25, -0.2) is 0 Å². The minimum atomic E-state index is -0.0266. The van der Waals surface area contributed by atoms with E-state index in [1.807, 2.05) is 55.5 Å². The Morgan fingerprint density at radius 1 is 1.22 bits per heavy atom. The zero-order valence-electron chi connectivity index (χ0n) is 13.3. The van der Waals surface area contributed by atoms with Crippen LogP contribution in [0.25, 0.3) is 0 Å². The monoisotopic (exact) mass is 376 g/mol. The number of hydrogen-bond donors (Lipinski definition) is 1. The number of likely N-dealkylation sites (N-methyl/N-ethyl adjacent to an activating group) is 1. The molecule has 0 saturated carbocycles. The first-order valence-corrected chi connectivity index (χ1v) is 8.25. The molecule has 0 heterocycles. The number of rotatable bonds is 6. The second-order valence-electron chi connectivity index (χ2n) is 5.42. The Bertz CT molecular complexity index is 658. The molecule has 0 radical (unpaired) electrons. The number of ether oxygens (including phenoxy) is 1. The second kappa shape index (κ2) is 8.13. The normalized spacial score (nSPS) is 11.8. The molecule has 0 aliphatic carbocycles. The minimum absolute atomic E-state index is 0.0148. The van der Waals surface area contributed by atoms with E-state index < -0.39 is 0 Å². The highest BCUT2D eigenvalue weighted by Gasteiger charge is 2.16. The van der Waals surface area contributed by atoms with Gasteiger partial charge in [0.05, 0.1) is 4.47 Å². The lowest BCUT2D eigenvalue weighted by atomic mass is 10.1. The number of nitrogens with two attached hydrogens (primary N) is 1. The fourth-order valence-corrected chi connectivity index (χ4v) is 2.43. The smallest absolute Gasteiger partial charge is 0.253 e. The quantitative estimate of drug-likeness (QED) is 0.839. The molecule has 2 N–H and O–H groups in total. The predicted molar refractivity (Wildman–Crippen MR) is 95.5 cm³/mol. The molecule has 1 amide bonds. The number of halogens is 1. The molecule has 0 spiro atoms. The van der Waals surface area contributed by atoms with E-state index in [1.165, 1.54) is 0 Å². The summed E-state index contributed by atoms with van der Waals surface area (Å²) in [5.74, 6) is 0.769. The van der Waals surface area contributed by atoms with E-state index in [2.05, 4.69) is 15.9 Å². The highest BCUT2D eigenvalue weighted by atomic mass is 79.9. The molecule has 0 saturated heterocycles. The summed E-state index contributed by atoms with van der Waals surface area (Å²) in [6.45, 7) is 2.82. The van der Waals surface area contributed by atoms with Crippen molar-refractivity contribution in [3.8, 4) is 5.75 Å². The Kier molecular flexibility index (Phi) is 6.19. The number of hydrogen-bond acceptors (Lipinski definition) is 3. The molecule has 2 aromatic carbocycles. The largest absolute Gasteiger partial charge is 0.488 e. The van der Waals surface area contributed by atoms with Crippen molar-refractivity contribution in [2.24, 2.45) is 5.73 Å². The molecule has 0 aromatic heterocycles. The standard InChI is InChI=1S/C18H21BrN2O2/c1-13(11-20)21(2)18(22)15-9-7-14(8-10-15)12-23-17-6-4-3-5-16(17)19/h3-10,13H,11-12,20H2,1-2H3. The van der Waals surface area contributed by atoms with E-state index in [0.717, 1.165) is 15.8 Å². The maximum atomic E-state index is 12.3. The lowest BCUT2D eigenvalue weighted by Crippen LogP contribution is -2.39. The average Bonchev–Trinajstić information content (AvgIpc) is 2.59. The van der Waals surface area contributed by atoms with Crippen LogP contribution in [-0.4, -0.2) is 30.4 Å². The van der Waals surface area contributed by atoms with Crippen molar-refractivity contribution in [3.63, 3.8) is 0 Å². The van der Waals surface area contributed by atoms with Gasteiger partial charge in [-0.3, -0.25) is 4.79 Å². The summed E-state index contributed by atoms with van der Waals surface area (Å²) in [4.78, 5) is 14.0. The van der Waals surface area contributed by atoms with Crippen LogP contribution in [0, 0.1) is 0 Å².